The Bertz CT molecular complexity index is 893. The number of hydrogen-bond donors (Lipinski definition) is 1. The molecule has 0 unspecified atom stereocenters. The lowest BCUT2D eigenvalue weighted by Gasteiger charge is -2.32. The van der Waals surface area contributed by atoms with Crippen molar-refractivity contribution < 1.29 is 9.53 Å². The molecule has 3 heteroatoms. The van der Waals surface area contributed by atoms with Crippen molar-refractivity contribution in [3.8, 4) is 0 Å². The molecule has 26 heavy (non-hydrogen) atoms. The molecule has 0 bridgehead atoms. The van der Waals surface area contributed by atoms with Gasteiger partial charge in [-0.15, -0.1) is 0 Å². The maximum Gasteiger partial charge on any atom is 0.330 e. The van der Waals surface area contributed by atoms with Crippen molar-refractivity contribution in [3.63, 3.8) is 0 Å². The van der Waals surface area contributed by atoms with Crippen molar-refractivity contribution in [3.05, 3.63) is 82.4 Å². The van der Waals surface area contributed by atoms with Gasteiger partial charge in [-0.05, 0) is 59.2 Å². The van der Waals surface area contributed by atoms with Crippen LogP contribution in [0.2, 0.25) is 0 Å². The van der Waals surface area contributed by atoms with Gasteiger partial charge in [-0.1, -0.05) is 48.5 Å². The molecule has 0 fully saturated rings. The molecule has 2 aromatic carbocycles. The fraction of sp³-hybridized carbons (Fsp3) is 0.261. The Kier molecular flexibility index (Phi) is 4.48. The van der Waals surface area contributed by atoms with Crippen LogP contribution >= 0.6 is 0 Å². The maximum absolute atomic E-state index is 11.2. The molecule has 4 rings (SSSR count). The van der Waals surface area contributed by atoms with Crippen molar-refractivity contribution in [1.29, 1.82) is 0 Å². The topological polar surface area (TPSA) is 38.3 Å². The quantitative estimate of drug-likeness (QED) is 0.666. The fourth-order valence-corrected chi connectivity index (χ4v) is 4.05. The van der Waals surface area contributed by atoms with Crippen LogP contribution in [0.4, 0.5) is 0 Å². The van der Waals surface area contributed by atoms with Crippen molar-refractivity contribution in [2.75, 3.05) is 7.11 Å². The minimum Gasteiger partial charge on any atom is -0.466 e. The van der Waals surface area contributed by atoms with Gasteiger partial charge in [0.05, 0.1) is 13.2 Å². The lowest BCUT2D eigenvalue weighted by atomic mass is 9.87. The second-order valence-electron chi connectivity index (χ2n) is 7.07. The summed E-state index contributed by atoms with van der Waals surface area (Å²) in [6.07, 6.45) is 5.34. The number of esters is 1. The summed E-state index contributed by atoms with van der Waals surface area (Å²) >= 11 is 0. The predicted molar refractivity (Wildman–Crippen MR) is 105 cm³/mol. The highest BCUT2D eigenvalue weighted by Crippen LogP contribution is 2.44. The van der Waals surface area contributed by atoms with Crippen LogP contribution in [0.5, 0.6) is 0 Å². The first-order valence-corrected chi connectivity index (χ1v) is 9.08. The molecule has 0 saturated carbocycles. The number of hydrogen-bond acceptors (Lipinski definition) is 3. The van der Waals surface area contributed by atoms with E-state index in [1.807, 2.05) is 0 Å². The minimum absolute atomic E-state index is 0.250. The van der Waals surface area contributed by atoms with Crippen molar-refractivity contribution in [1.82, 2.24) is 5.32 Å². The number of ether oxygens (including phenoxy) is 1. The summed E-state index contributed by atoms with van der Waals surface area (Å²) in [6, 6.07) is 17.9. The lowest BCUT2D eigenvalue weighted by molar-refractivity contribution is -0.134. The normalized spacial score (nSPS) is 21.6. The molecule has 0 aromatic heterocycles. The Balaban J connectivity index is 1.62. The summed E-state index contributed by atoms with van der Waals surface area (Å²) in [6.45, 7) is 2.26. The smallest absolute Gasteiger partial charge is 0.330 e. The van der Waals surface area contributed by atoms with Gasteiger partial charge < -0.3 is 10.1 Å². The van der Waals surface area contributed by atoms with Gasteiger partial charge in [0.1, 0.15) is 0 Å². The largest absolute Gasteiger partial charge is 0.466 e. The number of fused-ring (bicyclic) bond motifs is 2. The van der Waals surface area contributed by atoms with Crippen LogP contribution < -0.4 is 5.32 Å². The first-order chi connectivity index (χ1) is 12.7. The predicted octanol–water partition coefficient (Wildman–Crippen LogP) is 4.31. The highest BCUT2D eigenvalue weighted by Gasteiger charge is 2.32. The van der Waals surface area contributed by atoms with E-state index in [1.165, 1.54) is 41.0 Å². The Morgan fingerprint density at radius 2 is 1.92 bits per heavy atom. The van der Waals surface area contributed by atoms with E-state index in [4.69, 9.17) is 0 Å². The van der Waals surface area contributed by atoms with E-state index in [1.54, 1.807) is 6.08 Å². The average Bonchev–Trinajstić information content (AvgIpc) is 3.04. The first-order valence-electron chi connectivity index (χ1n) is 9.08. The third kappa shape index (κ3) is 3.11. The fourth-order valence-electron chi connectivity index (χ4n) is 4.05. The molecular formula is C23H23NO2. The summed E-state index contributed by atoms with van der Waals surface area (Å²) < 4.78 is 4.64. The minimum atomic E-state index is -0.338. The standard InChI is InChI=1S/C23H23NO2/c1-15-13-20-19-6-4-3-5-18(19)14-21(20)23(24-15)17-10-7-16(8-11-17)9-12-22(25)26-2/h3-12,15,23-24H,13-14H2,1-2H3/b12-9+/t15-,23+/m1/s1. The molecule has 3 nitrogen and oxygen atoms in total. The SMILES string of the molecule is COC(=O)/C=C/c1ccc([C@@H]2N[C@H](C)CC3=C2Cc2ccccc23)cc1. The summed E-state index contributed by atoms with van der Waals surface area (Å²) in [4.78, 5) is 11.2. The van der Waals surface area contributed by atoms with Gasteiger partial charge in [-0.25, -0.2) is 4.79 Å². The molecule has 1 heterocycles. The van der Waals surface area contributed by atoms with Crippen LogP contribution in [0.1, 0.15) is 41.6 Å². The van der Waals surface area contributed by atoms with Gasteiger partial charge in [0.15, 0.2) is 0 Å². The van der Waals surface area contributed by atoms with Crippen molar-refractivity contribution in [2.45, 2.75) is 31.8 Å². The Labute approximate surface area is 154 Å². The van der Waals surface area contributed by atoms with Gasteiger partial charge in [0.25, 0.3) is 0 Å². The number of methoxy groups -OCH3 is 1. The number of carbonyl (C=O) groups excluding carboxylic acids is 1. The molecular weight excluding hydrogens is 322 g/mol. The number of carbonyl (C=O) groups is 1. The molecule has 0 spiro atoms. The number of rotatable bonds is 3. The monoisotopic (exact) mass is 345 g/mol. The van der Waals surface area contributed by atoms with Gasteiger partial charge in [0, 0.05) is 12.1 Å². The summed E-state index contributed by atoms with van der Waals surface area (Å²) in [5.74, 6) is -0.338. The van der Waals surface area contributed by atoms with Crippen molar-refractivity contribution in [2.24, 2.45) is 0 Å². The van der Waals surface area contributed by atoms with Crippen LogP contribution in [-0.2, 0) is 16.0 Å². The second-order valence-corrected chi connectivity index (χ2v) is 7.07. The van der Waals surface area contributed by atoms with E-state index in [-0.39, 0.29) is 12.0 Å². The third-order valence-corrected chi connectivity index (χ3v) is 5.30. The molecule has 132 valence electrons. The summed E-state index contributed by atoms with van der Waals surface area (Å²) in [5.41, 5.74) is 8.15. The molecule has 2 aromatic rings. The zero-order valence-electron chi connectivity index (χ0n) is 15.2. The Morgan fingerprint density at radius 1 is 1.15 bits per heavy atom. The van der Waals surface area contributed by atoms with E-state index >= 15 is 0 Å². The van der Waals surface area contributed by atoms with Crippen LogP contribution in [0.15, 0.2) is 60.2 Å². The number of benzene rings is 2. The van der Waals surface area contributed by atoms with E-state index in [0.29, 0.717) is 6.04 Å². The zero-order chi connectivity index (χ0) is 18.1. The molecule has 0 radical (unpaired) electrons. The molecule has 2 aliphatic rings. The van der Waals surface area contributed by atoms with Crippen molar-refractivity contribution >= 4 is 17.6 Å². The van der Waals surface area contributed by atoms with Gasteiger partial charge in [0.2, 0.25) is 0 Å². The third-order valence-electron chi connectivity index (χ3n) is 5.30. The molecule has 1 aliphatic carbocycles. The molecule has 1 N–H and O–H groups in total. The van der Waals surface area contributed by atoms with Crippen LogP contribution in [0.25, 0.3) is 11.6 Å². The highest BCUT2D eigenvalue weighted by atomic mass is 16.5. The zero-order valence-corrected chi connectivity index (χ0v) is 15.2. The Hall–Kier alpha value is -2.65. The van der Waals surface area contributed by atoms with Crippen LogP contribution in [-0.4, -0.2) is 19.1 Å². The van der Waals surface area contributed by atoms with E-state index in [2.05, 4.69) is 65.5 Å². The summed E-state index contributed by atoms with van der Waals surface area (Å²) in [7, 11) is 1.39. The molecule has 0 saturated heterocycles. The first kappa shape index (κ1) is 16.8. The van der Waals surface area contributed by atoms with Gasteiger partial charge in [-0.2, -0.15) is 0 Å². The molecule has 1 aliphatic heterocycles. The maximum atomic E-state index is 11.2. The molecule has 2 atom stereocenters. The van der Waals surface area contributed by atoms with Crippen LogP contribution in [0.3, 0.4) is 0 Å². The van der Waals surface area contributed by atoms with Gasteiger partial charge in [-0.3, -0.25) is 0 Å². The number of nitrogens with one attached hydrogen (secondary N) is 1. The van der Waals surface area contributed by atoms with E-state index in [9.17, 15) is 4.79 Å². The lowest BCUT2D eigenvalue weighted by Crippen LogP contribution is -2.35. The molecule has 0 amide bonds. The highest BCUT2D eigenvalue weighted by molar-refractivity contribution is 5.87. The second kappa shape index (κ2) is 6.93. The van der Waals surface area contributed by atoms with Gasteiger partial charge >= 0.3 is 5.97 Å². The van der Waals surface area contributed by atoms with Crippen LogP contribution in [0, 0.1) is 0 Å². The summed E-state index contributed by atoms with van der Waals surface area (Å²) in [5, 5.41) is 3.77. The van der Waals surface area contributed by atoms with E-state index < -0.39 is 0 Å². The van der Waals surface area contributed by atoms with E-state index in [0.717, 1.165) is 18.4 Å². The average molecular weight is 345 g/mol. The Morgan fingerprint density at radius 3 is 2.69 bits per heavy atom.